The Morgan fingerprint density at radius 1 is 0.917 bits per heavy atom. The lowest BCUT2D eigenvalue weighted by atomic mass is 9.83. The molecule has 0 N–H and O–H groups in total. The number of methoxy groups -OCH3 is 1. The zero-order chi connectivity index (χ0) is 17.2. The summed E-state index contributed by atoms with van der Waals surface area (Å²) in [6, 6.07) is 19.0. The third kappa shape index (κ3) is 3.38. The molecule has 2 nitrogen and oxygen atoms in total. The molecule has 1 unspecified atom stereocenters. The first kappa shape index (κ1) is 16.4. The Bertz CT molecular complexity index is 736. The molecule has 0 bridgehead atoms. The molecule has 0 radical (unpaired) electrons. The summed E-state index contributed by atoms with van der Waals surface area (Å²) in [6.45, 7) is 6.77. The van der Waals surface area contributed by atoms with Gasteiger partial charge in [-0.1, -0.05) is 57.2 Å². The SMILES string of the molecule is COc1ccc(C2C=C(C(C)(C)C)C=CN2c2ccccc2)cc1. The molecule has 0 fully saturated rings. The summed E-state index contributed by atoms with van der Waals surface area (Å²) in [6.07, 6.45) is 6.80. The van der Waals surface area contributed by atoms with E-state index in [2.05, 4.69) is 86.5 Å². The Hall–Kier alpha value is -2.48. The van der Waals surface area contributed by atoms with E-state index in [1.165, 1.54) is 16.8 Å². The number of rotatable bonds is 3. The van der Waals surface area contributed by atoms with Gasteiger partial charge in [0.1, 0.15) is 5.75 Å². The molecule has 1 aliphatic rings. The number of allylic oxidation sites excluding steroid dienone is 2. The van der Waals surface area contributed by atoms with E-state index in [1.54, 1.807) is 7.11 Å². The van der Waals surface area contributed by atoms with Gasteiger partial charge in [0.05, 0.1) is 13.2 Å². The van der Waals surface area contributed by atoms with E-state index in [9.17, 15) is 0 Å². The van der Waals surface area contributed by atoms with Gasteiger partial charge in [-0.25, -0.2) is 0 Å². The molecule has 1 aliphatic heterocycles. The monoisotopic (exact) mass is 319 g/mol. The Kier molecular flexibility index (Phi) is 4.48. The van der Waals surface area contributed by atoms with Crippen molar-refractivity contribution in [3.63, 3.8) is 0 Å². The second kappa shape index (κ2) is 6.56. The molecule has 0 amide bonds. The summed E-state index contributed by atoms with van der Waals surface area (Å²) in [4.78, 5) is 2.32. The topological polar surface area (TPSA) is 12.5 Å². The first-order valence-electron chi connectivity index (χ1n) is 8.37. The molecule has 3 rings (SSSR count). The van der Waals surface area contributed by atoms with Crippen LogP contribution in [-0.4, -0.2) is 7.11 Å². The maximum Gasteiger partial charge on any atom is 0.118 e. The van der Waals surface area contributed by atoms with Crippen molar-refractivity contribution in [2.24, 2.45) is 5.41 Å². The standard InChI is InChI=1S/C22H25NO/c1-22(2,3)18-14-15-23(19-8-6-5-7-9-19)21(16-18)17-10-12-20(24-4)13-11-17/h5-16,21H,1-4H3. The van der Waals surface area contributed by atoms with Crippen molar-refractivity contribution >= 4 is 5.69 Å². The van der Waals surface area contributed by atoms with Crippen LogP contribution in [0.25, 0.3) is 0 Å². The molecule has 2 heteroatoms. The predicted octanol–water partition coefficient (Wildman–Crippen LogP) is 5.74. The fourth-order valence-electron chi connectivity index (χ4n) is 2.96. The van der Waals surface area contributed by atoms with Gasteiger partial charge in [-0.05, 0) is 46.9 Å². The normalized spacial score (nSPS) is 17.6. The van der Waals surface area contributed by atoms with Crippen LogP contribution in [0, 0.1) is 5.41 Å². The molecular weight excluding hydrogens is 294 g/mol. The minimum Gasteiger partial charge on any atom is -0.497 e. The second-order valence-corrected chi connectivity index (χ2v) is 7.15. The van der Waals surface area contributed by atoms with Crippen molar-refractivity contribution in [2.45, 2.75) is 26.8 Å². The Morgan fingerprint density at radius 3 is 2.17 bits per heavy atom. The highest BCUT2D eigenvalue weighted by Gasteiger charge is 2.25. The highest BCUT2D eigenvalue weighted by Crippen LogP contribution is 2.38. The fraction of sp³-hybridized carbons (Fsp3) is 0.273. The lowest BCUT2D eigenvalue weighted by molar-refractivity contribution is 0.414. The van der Waals surface area contributed by atoms with Crippen LogP contribution in [0.2, 0.25) is 0 Å². The van der Waals surface area contributed by atoms with Crippen molar-refractivity contribution in [1.82, 2.24) is 0 Å². The van der Waals surface area contributed by atoms with Gasteiger partial charge in [0.15, 0.2) is 0 Å². The van der Waals surface area contributed by atoms with Crippen LogP contribution < -0.4 is 9.64 Å². The Balaban J connectivity index is 2.03. The number of benzene rings is 2. The van der Waals surface area contributed by atoms with Crippen LogP contribution in [-0.2, 0) is 0 Å². The summed E-state index contributed by atoms with van der Waals surface area (Å²) in [5, 5.41) is 0. The van der Waals surface area contributed by atoms with Gasteiger partial charge in [0.25, 0.3) is 0 Å². The summed E-state index contributed by atoms with van der Waals surface area (Å²) in [5.41, 5.74) is 3.93. The van der Waals surface area contributed by atoms with Crippen molar-refractivity contribution in [2.75, 3.05) is 12.0 Å². The van der Waals surface area contributed by atoms with E-state index >= 15 is 0 Å². The smallest absolute Gasteiger partial charge is 0.118 e. The maximum absolute atomic E-state index is 5.30. The molecule has 124 valence electrons. The lowest BCUT2D eigenvalue weighted by Crippen LogP contribution is -2.26. The van der Waals surface area contributed by atoms with E-state index in [4.69, 9.17) is 4.74 Å². The lowest BCUT2D eigenvalue weighted by Gasteiger charge is -2.35. The summed E-state index contributed by atoms with van der Waals surface area (Å²) in [5.74, 6) is 0.886. The molecule has 1 heterocycles. The zero-order valence-corrected chi connectivity index (χ0v) is 14.9. The van der Waals surface area contributed by atoms with Crippen LogP contribution in [0.4, 0.5) is 5.69 Å². The molecular formula is C22H25NO. The number of hydrogen-bond donors (Lipinski definition) is 0. The van der Waals surface area contributed by atoms with Crippen molar-refractivity contribution in [3.05, 3.63) is 84.1 Å². The molecule has 2 aromatic rings. The van der Waals surface area contributed by atoms with Crippen LogP contribution in [0.3, 0.4) is 0 Å². The van der Waals surface area contributed by atoms with E-state index < -0.39 is 0 Å². The zero-order valence-electron chi connectivity index (χ0n) is 14.9. The van der Waals surface area contributed by atoms with Gasteiger partial charge >= 0.3 is 0 Å². The van der Waals surface area contributed by atoms with Crippen LogP contribution >= 0.6 is 0 Å². The van der Waals surface area contributed by atoms with Crippen molar-refractivity contribution < 1.29 is 4.74 Å². The molecule has 0 spiro atoms. The number of nitrogens with zero attached hydrogens (tertiary/aromatic N) is 1. The molecule has 2 aromatic carbocycles. The van der Waals surface area contributed by atoms with Gasteiger partial charge in [-0.15, -0.1) is 0 Å². The quantitative estimate of drug-likeness (QED) is 0.715. The highest BCUT2D eigenvalue weighted by molar-refractivity contribution is 5.56. The molecule has 0 saturated heterocycles. The summed E-state index contributed by atoms with van der Waals surface area (Å²) in [7, 11) is 1.70. The maximum atomic E-state index is 5.30. The molecule has 1 atom stereocenters. The molecule has 0 aliphatic carbocycles. The molecule has 0 aromatic heterocycles. The van der Waals surface area contributed by atoms with Crippen LogP contribution in [0.1, 0.15) is 32.4 Å². The van der Waals surface area contributed by atoms with E-state index in [0.29, 0.717) is 0 Å². The third-order valence-corrected chi connectivity index (χ3v) is 4.43. The average molecular weight is 319 g/mol. The molecule has 24 heavy (non-hydrogen) atoms. The molecule has 0 saturated carbocycles. The summed E-state index contributed by atoms with van der Waals surface area (Å²) >= 11 is 0. The van der Waals surface area contributed by atoms with Gasteiger partial charge in [-0.3, -0.25) is 0 Å². The average Bonchev–Trinajstić information content (AvgIpc) is 2.61. The fourth-order valence-corrected chi connectivity index (χ4v) is 2.96. The van der Waals surface area contributed by atoms with E-state index in [-0.39, 0.29) is 11.5 Å². The number of ether oxygens (including phenoxy) is 1. The number of hydrogen-bond acceptors (Lipinski definition) is 2. The Morgan fingerprint density at radius 2 is 1.58 bits per heavy atom. The van der Waals surface area contributed by atoms with E-state index in [1.807, 2.05) is 12.1 Å². The van der Waals surface area contributed by atoms with Crippen molar-refractivity contribution in [3.8, 4) is 5.75 Å². The van der Waals surface area contributed by atoms with Crippen molar-refractivity contribution in [1.29, 1.82) is 0 Å². The van der Waals surface area contributed by atoms with Gasteiger partial charge < -0.3 is 9.64 Å². The van der Waals surface area contributed by atoms with Crippen LogP contribution in [0.15, 0.2) is 78.5 Å². The minimum atomic E-state index is 0.129. The first-order valence-corrected chi connectivity index (χ1v) is 8.37. The largest absolute Gasteiger partial charge is 0.497 e. The first-order chi connectivity index (χ1) is 11.5. The van der Waals surface area contributed by atoms with Crippen LogP contribution in [0.5, 0.6) is 5.75 Å². The van der Waals surface area contributed by atoms with E-state index in [0.717, 1.165) is 5.75 Å². The number of anilines is 1. The summed E-state index contributed by atoms with van der Waals surface area (Å²) < 4.78 is 5.30. The Labute approximate surface area is 145 Å². The van der Waals surface area contributed by atoms with Gasteiger partial charge in [0.2, 0.25) is 0 Å². The second-order valence-electron chi connectivity index (χ2n) is 7.15. The van der Waals surface area contributed by atoms with Gasteiger partial charge in [0, 0.05) is 11.9 Å². The third-order valence-electron chi connectivity index (χ3n) is 4.43. The minimum absolute atomic E-state index is 0.129. The predicted molar refractivity (Wildman–Crippen MR) is 101 cm³/mol. The highest BCUT2D eigenvalue weighted by atomic mass is 16.5. The number of para-hydroxylation sites is 1. The van der Waals surface area contributed by atoms with Gasteiger partial charge in [-0.2, -0.15) is 0 Å².